The molecule has 1 amide bonds. The van der Waals surface area contributed by atoms with Gasteiger partial charge in [-0.15, -0.1) is 0 Å². The number of nitrogens with zero attached hydrogens (tertiary/aromatic N) is 2. The number of hydrogen-bond donors (Lipinski definition) is 0. The predicted molar refractivity (Wildman–Crippen MR) is 83.6 cm³/mol. The average Bonchev–Trinajstić information content (AvgIpc) is 2.86. The maximum atomic E-state index is 12.9. The molecule has 0 bridgehead atoms. The molecule has 0 aromatic heterocycles. The van der Waals surface area contributed by atoms with Crippen molar-refractivity contribution in [3.63, 3.8) is 0 Å². The average molecular weight is 280 g/mol. The standard InChI is InChI=1S/C17H32N2O/c1-5-14(3)17(20)19(16-10-11-18(4)12-16)15-8-6-13(2)7-9-15/h13-16H,5-12H2,1-4H3. The van der Waals surface area contributed by atoms with Gasteiger partial charge in [-0.05, 0) is 58.0 Å². The molecule has 1 aliphatic carbocycles. The Labute approximate surface area is 124 Å². The molecule has 20 heavy (non-hydrogen) atoms. The molecule has 116 valence electrons. The normalized spacial score (nSPS) is 33.1. The largest absolute Gasteiger partial charge is 0.335 e. The van der Waals surface area contributed by atoms with Crippen LogP contribution in [0.3, 0.4) is 0 Å². The van der Waals surface area contributed by atoms with Crippen molar-refractivity contribution in [3.05, 3.63) is 0 Å². The van der Waals surface area contributed by atoms with E-state index in [1.165, 1.54) is 25.7 Å². The van der Waals surface area contributed by atoms with Crippen molar-refractivity contribution >= 4 is 5.91 Å². The quantitative estimate of drug-likeness (QED) is 0.790. The molecule has 2 unspecified atom stereocenters. The van der Waals surface area contributed by atoms with Crippen molar-refractivity contribution in [2.45, 2.75) is 71.4 Å². The van der Waals surface area contributed by atoms with Crippen LogP contribution < -0.4 is 0 Å². The second-order valence-electron chi connectivity index (χ2n) is 7.17. The Morgan fingerprint density at radius 2 is 1.85 bits per heavy atom. The second kappa shape index (κ2) is 6.93. The van der Waals surface area contributed by atoms with Crippen molar-refractivity contribution < 1.29 is 4.79 Å². The Kier molecular flexibility index (Phi) is 5.48. The van der Waals surface area contributed by atoms with Gasteiger partial charge < -0.3 is 9.80 Å². The highest BCUT2D eigenvalue weighted by molar-refractivity contribution is 5.79. The Balaban J connectivity index is 2.09. The number of likely N-dealkylation sites (N-methyl/N-ethyl adjacent to an activating group) is 1. The van der Waals surface area contributed by atoms with E-state index in [2.05, 4.69) is 37.6 Å². The predicted octanol–water partition coefficient (Wildman–Crippen LogP) is 3.14. The van der Waals surface area contributed by atoms with Crippen LogP contribution >= 0.6 is 0 Å². The third kappa shape index (κ3) is 3.55. The smallest absolute Gasteiger partial charge is 0.225 e. The van der Waals surface area contributed by atoms with E-state index in [4.69, 9.17) is 0 Å². The van der Waals surface area contributed by atoms with Crippen LogP contribution in [0.4, 0.5) is 0 Å². The zero-order chi connectivity index (χ0) is 14.7. The summed E-state index contributed by atoms with van der Waals surface area (Å²) in [7, 11) is 2.18. The summed E-state index contributed by atoms with van der Waals surface area (Å²) in [6, 6.07) is 0.962. The van der Waals surface area contributed by atoms with Crippen molar-refractivity contribution in [2.24, 2.45) is 11.8 Å². The fourth-order valence-corrected chi connectivity index (χ4v) is 3.75. The lowest BCUT2D eigenvalue weighted by molar-refractivity contribution is -0.141. The highest BCUT2D eigenvalue weighted by atomic mass is 16.2. The molecule has 0 aromatic carbocycles. The number of hydrogen-bond acceptors (Lipinski definition) is 2. The van der Waals surface area contributed by atoms with Crippen molar-refractivity contribution in [1.29, 1.82) is 0 Å². The Morgan fingerprint density at radius 1 is 1.20 bits per heavy atom. The molecule has 3 heteroatoms. The molecule has 1 heterocycles. The Bertz CT molecular complexity index is 323. The lowest BCUT2D eigenvalue weighted by atomic mass is 9.85. The zero-order valence-electron chi connectivity index (χ0n) is 13.8. The lowest BCUT2D eigenvalue weighted by Crippen LogP contribution is -2.51. The SMILES string of the molecule is CCC(C)C(=O)N(C1CCC(C)CC1)C1CCN(C)C1. The fourth-order valence-electron chi connectivity index (χ4n) is 3.75. The molecule has 2 fully saturated rings. The molecule has 0 N–H and O–H groups in total. The van der Waals surface area contributed by atoms with E-state index in [-0.39, 0.29) is 5.92 Å². The first-order valence-electron chi connectivity index (χ1n) is 8.53. The first-order chi connectivity index (χ1) is 9.52. The van der Waals surface area contributed by atoms with Crippen LogP contribution in [-0.2, 0) is 4.79 Å². The minimum absolute atomic E-state index is 0.181. The van der Waals surface area contributed by atoms with E-state index >= 15 is 0 Å². The molecule has 1 saturated heterocycles. The highest BCUT2D eigenvalue weighted by Crippen LogP contribution is 2.31. The molecule has 0 radical (unpaired) electrons. The van der Waals surface area contributed by atoms with Gasteiger partial charge in [0.05, 0.1) is 0 Å². The first-order valence-corrected chi connectivity index (χ1v) is 8.53. The van der Waals surface area contributed by atoms with Gasteiger partial charge in [0.1, 0.15) is 0 Å². The van der Waals surface area contributed by atoms with Crippen LogP contribution in [0.1, 0.15) is 59.3 Å². The summed E-state index contributed by atoms with van der Waals surface area (Å²) in [5.74, 6) is 1.44. The van der Waals surface area contributed by atoms with E-state index in [9.17, 15) is 4.79 Å². The molecule has 3 nitrogen and oxygen atoms in total. The van der Waals surface area contributed by atoms with Crippen LogP contribution in [0.5, 0.6) is 0 Å². The summed E-state index contributed by atoms with van der Waals surface area (Å²) >= 11 is 0. The summed E-state index contributed by atoms with van der Waals surface area (Å²) in [4.78, 5) is 17.5. The number of rotatable bonds is 4. The molecular weight excluding hydrogens is 248 g/mol. The van der Waals surface area contributed by atoms with E-state index in [0.29, 0.717) is 18.0 Å². The van der Waals surface area contributed by atoms with Crippen LogP contribution in [0.2, 0.25) is 0 Å². The van der Waals surface area contributed by atoms with Crippen LogP contribution in [0.15, 0.2) is 0 Å². The summed E-state index contributed by atoms with van der Waals surface area (Å²) < 4.78 is 0. The topological polar surface area (TPSA) is 23.6 Å². The molecule has 2 atom stereocenters. The van der Waals surface area contributed by atoms with Crippen LogP contribution in [-0.4, -0.2) is 47.9 Å². The van der Waals surface area contributed by atoms with Gasteiger partial charge in [0.2, 0.25) is 5.91 Å². The zero-order valence-corrected chi connectivity index (χ0v) is 13.8. The van der Waals surface area contributed by atoms with Crippen molar-refractivity contribution in [1.82, 2.24) is 9.80 Å². The number of amides is 1. The van der Waals surface area contributed by atoms with Gasteiger partial charge in [-0.2, -0.15) is 0 Å². The lowest BCUT2D eigenvalue weighted by Gasteiger charge is -2.41. The Morgan fingerprint density at radius 3 is 2.35 bits per heavy atom. The van der Waals surface area contributed by atoms with Gasteiger partial charge in [-0.3, -0.25) is 4.79 Å². The number of likely N-dealkylation sites (tertiary alicyclic amines) is 1. The van der Waals surface area contributed by atoms with E-state index < -0.39 is 0 Å². The first kappa shape index (κ1) is 15.8. The molecule has 1 aliphatic heterocycles. The maximum Gasteiger partial charge on any atom is 0.225 e. The molecule has 2 rings (SSSR count). The second-order valence-corrected chi connectivity index (χ2v) is 7.17. The number of carbonyl (C=O) groups excluding carboxylic acids is 1. The summed E-state index contributed by atoms with van der Waals surface area (Å²) in [5.41, 5.74) is 0. The summed E-state index contributed by atoms with van der Waals surface area (Å²) in [6.45, 7) is 8.77. The molecular formula is C17H32N2O. The van der Waals surface area contributed by atoms with Gasteiger partial charge in [-0.25, -0.2) is 0 Å². The molecule has 1 saturated carbocycles. The summed E-state index contributed by atoms with van der Waals surface area (Å²) in [6.07, 6.45) is 7.12. The molecule has 0 aromatic rings. The van der Waals surface area contributed by atoms with Crippen molar-refractivity contribution in [2.75, 3.05) is 20.1 Å². The minimum atomic E-state index is 0.181. The molecule has 2 aliphatic rings. The van der Waals surface area contributed by atoms with Gasteiger partial charge >= 0.3 is 0 Å². The maximum absolute atomic E-state index is 12.9. The van der Waals surface area contributed by atoms with E-state index in [1.54, 1.807) is 0 Å². The van der Waals surface area contributed by atoms with Gasteiger partial charge in [-0.1, -0.05) is 20.8 Å². The minimum Gasteiger partial charge on any atom is -0.335 e. The van der Waals surface area contributed by atoms with E-state index in [0.717, 1.165) is 31.8 Å². The van der Waals surface area contributed by atoms with Gasteiger partial charge in [0.25, 0.3) is 0 Å². The molecule has 0 spiro atoms. The monoisotopic (exact) mass is 280 g/mol. The van der Waals surface area contributed by atoms with Crippen LogP contribution in [0, 0.1) is 11.8 Å². The third-order valence-electron chi connectivity index (χ3n) is 5.43. The van der Waals surface area contributed by atoms with Gasteiger partial charge in [0.15, 0.2) is 0 Å². The number of carbonyl (C=O) groups is 1. The highest BCUT2D eigenvalue weighted by Gasteiger charge is 2.36. The Hall–Kier alpha value is -0.570. The third-order valence-corrected chi connectivity index (χ3v) is 5.43. The summed E-state index contributed by atoms with van der Waals surface area (Å²) in [5, 5.41) is 0. The van der Waals surface area contributed by atoms with Crippen LogP contribution in [0.25, 0.3) is 0 Å². The fraction of sp³-hybridized carbons (Fsp3) is 0.941. The van der Waals surface area contributed by atoms with E-state index in [1.807, 2.05) is 0 Å². The van der Waals surface area contributed by atoms with Gasteiger partial charge in [0, 0.05) is 24.5 Å². The van der Waals surface area contributed by atoms with Crippen molar-refractivity contribution in [3.8, 4) is 0 Å².